The highest BCUT2D eigenvalue weighted by Crippen LogP contribution is 2.32. The topological polar surface area (TPSA) is 40.6 Å². The number of amides is 1. The molecule has 0 heterocycles. The van der Waals surface area contributed by atoms with Gasteiger partial charge in [0.1, 0.15) is 0 Å². The summed E-state index contributed by atoms with van der Waals surface area (Å²) in [7, 11) is 3.74. The molecule has 1 amide bonds. The number of allylic oxidation sites excluding steroid dienone is 1. The van der Waals surface area contributed by atoms with E-state index >= 15 is 0 Å². The summed E-state index contributed by atoms with van der Waals surface area (Å²) in [5.74, 6) is 0.296. The first kappa shape index (κ1) is 15.3. The van der Waals surface area contributed by atoms with Crippen LogP contribution in [0.1, 0.15) is 30.1 Å². The Morgan fingerprint density at radius 3 is 2.57 bits per heavy atom. The van der Waals surface area contributed by atoms with Crippen LogP contribution in [0.2, 0.25) is 0 Å². The van der Waals surface area contributed by atoms with Crippen molar-refractivity contribution in [1.29, 1.82) is 0 Å². The number of ketones is 1. The predicted molar refractivity (Wildman–Crippen MR) is 84.4 cm³/mol. The first-order valence-corrected chi connectivity index (χ1v) is 7.33. The minimum atomic E-state index is -0.0551. The van der Waals surface area contributed by atoms with Gasteiger partial charge < -0.3 is 9.80 Å². The maximum atomic E-state index is 12.3. The van der Waals surface area contributed by atoms with Crippen molar-refractivity contribution in [2.45, 2.75) is 19.8 Å². The molecule has 0 spiro atoms. The van der Waals surface area contributed by atoms with E-state index < -0.39 is 0 Å². The van der Waals surface area contributed by atoms with Gasteiger partial charge in [0, 0.05) is 50.1 Å². The van der Waals surface area contributed by atoms with Crippen LogP contribution in [0.4, 0.5) is 5.69 Å². The maximum Gasteiger partial charge on any atom is 0.230 e. The molecule has 0 atom stereocenters. The van der Waals surface area contributed by atoms with Crippen molar-refractivity contribution in [3.8, 4) is 0 Å². The van der Waals surface area contributed by atoms with Crippen molar-refractivity contribution >= 4 is 17.4 Å². The molecule has 1 aliphatic carbocycles. The number of hydrogen-bond acceptors (Lipinski definition) is 3. The van der Waals surface area contributed by atoms with Crippen molar-refractivity contribution in [1.82, 2.24) is 4.90 Å². The highest BCUT2D eigenvalue weighted by atomic mass is 16.2. The number of benzene rings is 1. The lowest BCUT2D eigenvalue weighted by Crippen LogP contribution is -2.31. The van der Waals surface area contributed by atoms with Crippen molar-refractivity contribution < 1.29 is 9.59 Å². The summed E-state index contributed by atoms with van der Waals surface area (Å²) in [6.45, 7) is 2.58. The number of nitrogens with zero attached hydrogens (tertiary/aromatic N) is 2. The van der Waals surface area contributed by atoms with E-state index in [1.54, 1.807) is 23.2 Å². The van der Waals surface area contributed by atoms with E-state index in [2.05, 4.69) is 0 Å². The molecule has 0 aliphatic heterocycles. The lowest BCUT2D eigenvalue weighted by Gasteiger charge is -2.21. The summed E-state index contributed by atoms with van der Waals surface area (Å²) in [5.41, 5.74) is 1.41. The summed E-state index contributed by atoms with van der Waals surface area (Å²) in [6, 6.07) is 7.29. The molecule has 1 aliphatic rings. The number of rotatable bonds is 6. The van der Waals surface area contributed by atoms with Gasteiger partial charge in [-0.1, -0.05) is 12.1 Å². The van der Waals surface area contributed by atoms with Crippen LogP contribution in [0, 0.1) is 5.92 Å². The number of carbonyl (C=O) groups is 2. The molecule has 2 rings (SSSR count). The van der Waals surface area contributed by atoms with Gasteiger partial charge >= 0.3 is 0 Å². The second kappa shape index (κ2) is 6.57. The minimum Gasteiger partial charge on any atom is -0.383 e. The van der Waals surface area contributed by atoms with Crippen LogP contribution in [-0.4, -0.2) is 37.2 Å². The van der Waals surface area contributed by atoms with Gasteiger partial charge in [-0.15, -0.1) is 0 Å². The molecule has 1 fully saturated rings. The van der Waals surface area contributed by atoms with E-state index in [9.17, 15) is 9.59 Å². The number of anilines is 1. The zero-order chi connectivity index (χ0) is 15.4. The van der Waals surface area contributed by atoms with Crippen molar-refractivity contribution in [3.05, 3.63) is 42.1 Å². The summed E-state index contributed by atoms with van der Waals surface area (Å²) in [5, 5.41) is 0. The highest BCUT2D eigenvalue weighted by molar-refractivity contribution is 6.06. The van der Waals surface area contributed by atoms with Gasteiger partial charge in [-0.2, -0.15) is 0 Å². The first-order chi connectivity index (χ1) is 10.0. The van der Waals surface area contributed by atoms with Gasteiger partial charge in [0.05, 0.1) is 0 Å². The van der Waals surface area contributed by atoms with Gasteiger partial charge in [-0.3, -0.25) is 9.59 Å². The Kier molecular flexibility index (Phi) is 4.78. The Bertz CT molecular complexity index is 560. The van der Waals surface area contributed by atoms with Gasteiger partial charge in [0.2, 0.25) is 5.91 Å². The molecule has 21 heavy (non-hydrogen) atoms. The average Bonchev–Trinajstić information content (AvgIpc) is 3.30. The molecule has 0 unspecified atom stereocenters. The minimum absolute atomic E-state index is 0.0551. The molecular formula is C17H22N2O2. The fraction of sp³-hybridized carbons (Fsp3) is 0.412. The molecule has 112 valence electrons. The predicted octanol–water partition coefficient (Wildman–Crippen LogP) is 2.71. The van der Waals surface area contributed by atoms with Crippen LogP contribution >= 0.6 is 0 Å². The fourth-order valence-corrected chi connectivity index (χ4v) is 2.16. The Labute approximate surface area is 126 Å². The number of carbonyl (C=O) groups excluding carboxylic acids is 2. The third-order valence-electron chi connectivity index (χ3n) is 3.48. The van der Waals surface area contributed by atoms with E-state index in [0.717, 1.165) is 18.5 Å². The maximum absolute atomic E-state index is 12.3. The molecule has 0 N–H and O–H groups in total. The zero-order valence-corrected chi connectivity index (χ0v) is 12.9. The van der Waals surface area contributed by atoms with Gasteiger partial charge in [0.25, 0.3) is 0 Å². The van der Waals surface area contributed by atoms with E-state index in [0.29, 0.717) is 12.1 Å². The Morgan fingerprint density at radius 2 is 2.00 bits per heavy atom. The van der Waals surface area contributed by atoms with Crippen LogP contribution < -0.4 is 4.90 Å². The molecule has 4 nitrogen and oxygen atoms in total. The van der Waals surface area contributed by atoms with Crippen LogP contribution in [-0.2, 0) is 4.79 Å². The van der Waals surface area contributed by atoms with Gasteiger partial charge in [0.15, 0.2) is 5.78 Å². The molecular weight excluding hydrogens is 264 g/mol. The van der Waals surface area contributed by atoms with E-state index in [-0.39, 0.29) is 17.6 Å². The van der Waals surface area contributed by atoms with E-state index in [1.807, 2.05) is 38.1 Å². The molecule has 0 saturated heterocycles. The van der Waals surface area contributed by atoms with Crippen molar-refractivity contribution in [3.63, 3.8) is 0 Å². The summed E-state index contributed by atoms with van der Waals surface area (Å²) in [6.07, 6.45) is 5.24. The Hall–Kier alpha value is -2.10. The Balaban J connectivity index is 2.19. The quantitative estimate of drug-likeness (QED) is 0.596. The third kappa shape index (κ3) is 3.94. The lowest BCUT2D eigenvalue weighted by atomic mass is 10.1. The second-order valence-corrected chi connectivity index (χ2v) is 5.55. The molecule has 1 aromatic carbocycles. The SMILES string of the molecule is CCN(C(=O)C1CC1)c1cccc(C(=O)C=CN(C)C)c1. The Morgan fingerprint density at radius 1 is 1.29 bits per heavy atom. The lowest BCUT2D eigenvalue weighted by molar-refractivity contribution is -0.119. The van der Waals surface area contributed by atoms with Crippen LogP contribution in [0.5, 0.6) is 0 Å². The van der Waals surface area contributed by atoms with Crippen LogP contribution in [0.3, 0.4) is 0 Å². The normalized spacial score (nSPS) is 14.2. The van der Waals surface area contributed by atoms with Gasteiger partial charge in [-0.25, -0.2) is 0 Å². The first-order valence-electron chi connectivity index (χ1n) is 7.33. The molecule has 0 radical (unpaired) electrons. The number of hydrogen-bond donors (Lipinski definition) is 0. The smallest absolute Gasteiger partial charge is 0.230 e. The highest BCUT2D eigenvalue weighted by Gasteiger charge is 2.33. The van der Waals surface area contributed by atoms with Gasteiger partial charge in [-0.05, 0) is 31.9 Å². The largest absolute Gasteiger partial charge is 0.383 e. The van der Waals surface area contributed by atoms with Crippen molar-refractivity contribution in [2.24, 2.45) is 5.92 Å². The standard InChI is InChI=1S/C17H22N2O2/c1-4-19(17(21)13-8-9-13)15-7-5-6-14(12-15)16(20)10-11-18(2)3/h5-7,10-13H,4,8-9H2,1-3H3. The third-order valence-corrected chi connectivity index (χ3v) is 3.48. The van der Waals surface area contributed by atoms with Crippen LogP contribution in [0.25, 0.3) is 0 Å². The summed E-state index contributed by atoms with van der Waals surface area (Å²) >= 11 is 0. The van der Waals surface area contributed by atoms with Crippen molar-refractivity contribution in [2.75, 3.05) is 25.5 Å². The second-order valence-electron chi connectivity index (χ2n) is 5.55. The monoisotopic (exact) mass is 286 g/mol. The molecule has 0 bridgehead atoms. The molecule has 4 heteroatoms. The summed E-state index contributed by atoms with van der Waals surface area (Å²) in [4.78, 5) is 27.9. The average molecular weight is 286 g/mol. The fourth-order valence-electron chi connectivity index (χ4n) is 2.16. The molecule has 0 aromatic heterocycles. The zero-order valence-electron chi connectivity index (χ0n) is 12.9. The summed E-state index contributed by atoms with van der Waals surface area (Å²) < 4.78 is 0. The molecule has 1 saturated carbocycles. The van der Waals surface area contributed by atoms with E-state index in [4.69, 9.17) is 0 Å². The van der Waals surface area contributed by atoms with E-state index in [1.165, 1.54) is 6.08 Å². The van der Waals surface area contributed by atoms with Crippen LogP contribution in [0.15, 0.2) is 36.5 Å². The molecule has 1 aromatic rings.